The van der Waals surface area contributed by atoms with Crippen molar-refractivity contribution in [2.24, 2.45) is 0 Å². The van der Waals surface area contributed by atoms with Gasteiger partial charge in [0, 0.05) is 5.56 Å². The van der Waals surface area contributed by atoms with E-state index < -0.39 is 10.2 Å². The van der Waals surface area contributed by atoms with Gasteiger partial charge in [0.25, 0.3) is 0 Å². The quantitative estimate of drug-likeness (QED) is 0.537. The lowest BCUT2D eigenvalue weighted by Crippen LogP contribution is -3.12. The number of carbonyl (C=O) groups is 1. The number of benzene rings is 1. The molecule has 1 N–H and O–H groups in total. The van der Waals surface area contributed by atoms with Crippen LogP contribution in [0.4, 0.5) is 0 Å². The summed E-state index contributed by atoms with van der Waals surface area (Å²) in [5.74, 6) is -0.127. The van der Waals surface area contributed by atoms with Crippen molar-refractivity contribution in [3.8, 4) is 0 Å². The fourth-order valence-corrected chi connectivity index (χ4v) is 2.07. The molecule has 7 nitrogen and oxygen atoms in total. The molecule has 0 spiro atoms. The minimum atomic E-state index is -4.94. The Balaban J connectivity index is 0.000000763. The number of carbonyl (C=O) groups excluding carboxylic acids is 1. The van der Waals surface area contributed by atoms with Gasteiger partial charge in [-0.25, -0.2) is 23.4 Å². The van der Waals surface area contributed by atoms with E-state index in [0.717, 1.165) is 18.7 Å². The molecule has 0 aliphatic rings. The van der Waals surface area contributed by atoms with Crippen LogP contribution in [-0.2, 0) is 9.53 Å². The highest BCUT2D eigenvalue weighted by molar-refractivity contribution is 5.76. The predicted molar refractivity (Wildman–Crippen MR) is 67.9 cm³/mol. The molecule has 1 aromatic rings. The van der Waals surface area contributed by atoms with Gasteiger partial charge in [-0.3, -0.25) is 0 Å². The molecule has 1 unspecified atom stereocenters. The van der Waals surface area contributed by atoms with Crippen LogP contribution in [0.1, 0.15) is 32.4 Å². The Bertz CT molecular complexity index is 413. The van der Waals surface area contributed by atoms with Crippen LogP contribution in [0, 0.1) is 10.2 Å². The minimum absolute atomic E-state index is 0.127. The third-order valence-electron chi connectivity index (χ3n) is 2.97. The molecule has 1 atom stereocenters. The van der Waals surface area contributed by atoms with Crippen molar-refractivity contribution in [1.82, 2.24) is 0 Å². The molecule has 8 heteroatoms. The Hall–Kier alpha value is -1.22. The third-order valence-corrected chi connectivity index (χ3v) is 2.97. The van der Waals surface area contributed by atoms with E-state index in [-0.39, 0.29) is 12.0 Å². The van der Waals surface area contributed by atoms with Gasteiger partial charge in [0.1, 0.15) is 0 Å². The molecule has 1 rings (SSSR count). The number of quaternary nitrogens is 1. The molecular formula is C14H22ClNO6. The van der Waals surface area contributed by atoms with Crippen molar-refractivity contribution < 1.29 is 43.3 Å². The summed E-state index contributed by atoms with van der Waals surface area (Å²) in [6.07, 6.45) is 0. The maximum Gasteiger partial charge on any atom is 0.369 e. The summed E-state index contributed by atoms with van der Waals surface area (Å²) in [6.45, 7) is 8.28. The topological polar surface area (TPSA) is 123 Å². The van der Waals surface area contributed by atoms with E-state index in [2.05, 4.69) is 13.8 Å². The molecule has 0 aliphatic carbocycles. The lowest BCUT2D eigenvalue weighted by atomic mass is 10.1. The SMILES string of the molecule is CCOC(=O)C(c1ccccc1)[NH+](CC)CC.[O-][Cl+3]([O-])([O-])[O-]. The van der Waals surface area contributed by atoms with Crippen molar-refractivity contribution >= 4 is 5.97 Å². The van der Waals surface area contributed by atoms with Crippen LogP contribution in [0.5, 0.6) is 0 Å². The van der Waals surface area contributed by atoms with Gasteiger partial charge in [-0.2, -0.15) is 0 Å². The summed E-state index contributed by atoms with van der Waals surface area (Å²) in [7, 11) is -4.94. The van der Waals surface area contributed by atoms with Crippen molar-refractivity contribution in [3.05, 3.63) is 35.9 Å². The summed E-state index contributed by atoms with van der Waals surface area (Å²) in [5.41, 5.74) is 1.03. The van der Waals surface area contributed by atoms with E-state index >= 15 is 0 Å². The van der Waals surface area contributed by atoms with Crippen LogP contribution in [0.15, 0.2) is 30.3 Å². The Labute approximate surface area is 132 Å². The predicted octanol–water partition coefficient (Wildman–Crippen LogP) is -3.54. The van der Waals surface area contributed by atoms with Gasteiger partial charge >= 0.3 is 5.97 Å². The van der Waals surface area contributed by atoms with Gasteiger partial charge in [0.05, 0.1) is 19.7 Å². The number of hydrogen-bond donors (Lipinski definition) is 1. The number of ether oxygens (including phenoxy) is 1. The molecule has 22 heavy (non-hydrogen) atoms. The number of rotatable bonds is 6. The summed E-state index contributed by atoms with van der Waals surface area (Å²) >= 11 is 0. The molecular weight excluding hydrogens is 314 g/mol. The third kappa shape index (κ3) is 8.93. The Morgan fingerprint density at radius 1 is 1.09 bits per heavy atom. The van der Waals surface area contributed by atoms with E-state index in [1.807, 2.05) is 37.3 Å². The van der Waals surface area contributed by atoms with Crippen molar-refractivity contribution in [2.75, 3.05) is 19.7 Å². The Kier molecular flexibility index (Phi) is 9.91. The molecule has 0 saturated carbocycles. The molecule has 0 bridgehead atoms. The fraction of sp³-hybridized carbons (Fsp3) is 0.500. The normalized spacial score (nSPS) is 12.4. The zero-order valence-electron chi connectivity index (χ0n) is 12.9. The van der Waals surface area contributed by atoms with E-state index in [0.29, 0.717) is 6.61 Å². The Morgan fingerprint density at radius 3 is 1.91 bits per heavy atom. The number of hydrogen-bond acceptors (Lipinski definition) is 6. The Morgan fingerprint density at radius 2 is 1.55 bits per heavy atom. The number of halogens is 1. The van der Waals surface area contributed by atoms with E-state index in [1.54, 1.807) is 0 Å². The summed E-state index contributed by atoms with van der Waals surface area (Å²) in [5, 5.41) is 0. The van der Waals surface area contributed by atoms with Crippen LogP contribution < -0.4 is 23.5 Å². The lowest BCUT2D eigenvalue weighted by Gasteiger charge is -2.25. The molecule has 0 aromatic heterocycles. The highest BCUT2D eigenvalue weighted by Crippen LogP contribution is 2.11. The van der Waals surface area contributed by atoms with Crippen LogP contribution in [0.2, 0.25) is 0 Å². The van der Waals surface area contributed by atoms with Gasteiger partial charge < -0.3 is 9.64 Å². The molecule has 0 saturated heterocycles. The first kappa shape index (κ1) is 20.8. The fourth-order valence-electron chi connectivity index (χ4n) is 2.07. The number of likely N-dealkylation sites (N-methyl/N-ethyl adjacent to an activating group) is 1. The van der Waals surface area contributed by atoms with Crippen molar-refractivity contribution in [2.45, 2.75) is 26.8 Å². The molecule has 0 radical (unpaired) electrons. The average molecular weight is 336 g/mol. The summed E-state index contributed by atoms with van der Waals surface area (Å²) in [6, 6.07) is 9.67. The largest absolute Gasteiger partial charge is 0.461 e. The molecule has 0 aliphatic heterocycles. The zero-order valence-corrected chi connectivity index (χ0v) is 13.7. The first-order valence-electron chi connectivity index (χ1n) is 6.92. The lowest BCUT2D eigenvalue weighted by molar-refractivity contribution is -2.00. The van der Waals surface area contributed by atoms with E-state index in [9.17, 15) is 4.79 Å². The minimum Gasteiger partial charge on any atom is -0.461 e. The smallest absolute Gasteiger partial charge is 0.369 e. The summed E-state index contributed by atoms with van der Waals surface area (Å²) in [4.78, 5) is 13.3. The first-order chi connectivity index (χ1) is 10.2. The molecule has 0 amide bonds. The molecule has 126 valence electrons. The van der Waals surface area contributed by atoms with Gasteiger partial charge in [0.2, 0.25) is 6.04 Å². The second kappa shape index (κ2) is 10.5. The van der Waals surface area contributed by atoms with E-state index in [4.69, 9.17) is 23.4 Å². The van der Waals surface area contributed by atoms with Gasteiger partial charge in [0.15, 0.2) is 0 Å². The molecule has 0 fully saturated rings. The van der Waals surface area contributed by atoms with E-state index in [1.165, 1.54) is 4.90 Å². The van der Waals surface area contributed by atoms with Crippen LogP contribution in [0.25, 0.3) is 0 Å². The summed E-state index contributed by atoms with van der Waals surface area (Å²) < 4.78 is 39.2. The van der Waals surface area contributed by atoms with Crippen LogP contribution in [0.3, 0.4) is 0 Å². The first-order valence-corrected chi connectivity index (χ1v) is 8.15. The second-order valence-corrected chi connectivity index (χ2v) is 5.09. The standard InChI is InChI=1S/C14H21NO2.ClHO4/c1-4-15(5-2)13(14(16)17-6-3)12-10-8-7-9-11-12;2-1(3,4)5/h7-11,13H,4-6H2,1-3H3;(H,2,3,4,5). The second-order valence-electron chi connectivity index (χ2n) is 4.34. The van der Waals surface area contributed by atoms with Crippen molar-refractivity contribution in [3.63, 3.8) is 0 Å². The highest BCUT2D eigenvalue weighted by Gasteiger charge is 2.30. The zero-order chi connectivity index (χ0) is 17.2. The van der Waals surface area contributed by atoms with Gasteiger partial charge in [-0.05, 0) is 20.8 Å². The monoisotopic (exact) mass is 335 g/mol. The molecule has 1 aromatic carbocycles. The average Bonchev–Trinajstić information content (AvgIpc) is 2.44. The van der Waals surface area contributed by atoms with Crippen LogP contribution in [-0.4, -0.2) is 25.7 Å². The maximum absolute atomic E-state index is 12.1. The van der Waals surface area contributed by atoms with Gasteiger partial charge in [-0.1, -0.05) is 30.3 Å². The van der Waals surface area contributed by atoms with Crippen molar-refractivity contribution in [1.29, 1.82) is 0 Å². The number of esters is 1. The maximum atomic E-state index is 12.1. The highest BCUT2D eigenvalue weighted by atomic mass is 35.7. The number of nitrogens with one attached hydrogen (secondary N) is 1. The van der Waals surface area contributed by atoms with Gasteiger partial charge in [-0.15, -0.1) is 10.2 Å². The van der Waals surface area contributed by atoms with Crippen LogP contribution >= 0.6 is 0 Å². The molecule has 0 heterocycles.